The van der Waals surface area contributed by atoms with Crippen LogP contribution in [-0.2, 0) is 17.5 Å². The molecule has 11 nitrogen and oxygen atoms in total. The molecule has 0 bridgehead atoms. The van der Waals surface area contributed by atoms with Gasteiger partial charge in [-0.25, -0.2) is 14.3 Å². The van der Waals surface area contributed by atoms with Crippen LogP contribution in [0, 0.1) is 10.1 Å². The third kappa shape index (κ3) is 5.45. The maximum Gasteiger partial charge on any atom is 0.416 e. The van der Waals surface area contributed by atoms with Crippen molar-refractivity contribution in [1.82, 2.24) is 14.6 Å². The molecule has 5 rings (SSSR count). The van der Waals surface area contributed by atoms with E-state index in [9.17, 15) is 43.1 Å². The second-order valence-corrected chi connectivity index (χ2v) is 8.94. The van der Waals surface area contributed by atoms with Crippen molar-refractivity contribution in [2.45, 2.75) is 12.8 Å². The fourth-order valence-electron chi connectivity index (χ4n) is 4.02. The van der Waals surface area contributed by atoms with Crippen molar-refractivity contribution in [1.29, 1.82) is 0 Å². The summed E-state index contributed by atoms with van der Waals surface area (Å²) in [4.78, 5) is 39.8. The van der Waals surface area contributed by atoms with E-state index >= 15 is 0 Å². The molecular weight excluding hydrogens is 561 g/mol. The molecule has 2 aromatic heterocycles. The monoisotopic (exact) mass is 578 g/mol. The standard InChI is InChI=1S/C28H17F3N4O7/c29-28(30,31)19-7-1-15(2-8-19)14-42-27(39)17-5-3-16(4-6-17)20-11-23-32-12-18(13-34(23)33-20)25(37)24-22(36)10-9-21(26(24)38)35(40)41/h1-13,36,38H,14H2. The largest absolute Gasteiger partial charge is 0.507 e. The Morgan fingerprint density at radius 1 is 0.976 bits per heavy atom. The van der Waals surface area contributed by atoms with Crippen molar-refractivity contribution in [3.8, 4) is 22.8 Å². The molecule has 0 aliphatic heterocycles. The molecule has 212 valence electrons. The molecule has 0 saturated carbocycles. The number of esters is 1. The molecule has 0 aliphatic rings. The lowest BCUT2D eigenvalue weighted by Gasteiger charge is -2.08. The Morgan fingerprint density at radius 3 is 2.31 bits per heavy atom. The first-order valence-corrected chi connectivity index (χ1v) is 12.0. The van der Waals surface area contributed by atoms with E-state index in [0.29, 0.717) is 22.5 Å². The van der Waals surface area contributed by atoms with Crippen LogP contribution in [0.2, 0.25) is 0 Å². The van der Waals surface area contributed by atoms with Gasteiger partial charge in [0.15, 0.2) is 5.65 Å². The van der Waals surface area contributed by atoms with Gasteiger partial charge in [-0.15, -0.1) is 0 Å². The number of nitro groups is 1. The Morgan fingerprint density at radius 2 is 1.67 bits per heavy atom. The minimum atomic E-state index is -4.46. The quantitative estimate of drug-likeness (QED) is 0.113. The Hall–Kier alpha value is -5.79. The molecule has 0 aliphatic carbocycles. The average Bonchev–Trinajstić information content (AvgIpc) is 3.39. The van der Waals surface area contributed by atoms with Gasteiger partial charge in [-0.2, -0.15) is 18.3 Å². The second-order valence-electron chi connectivity index (χ2n) is 8.94. The van der Waals surface area contributed by atoms with Crippen molar-refractivity contribution in [3.05, 3.63) is 117 Å². The molecule has 42 heavy (non-hydrogen) atoms. The van der Waals surface area contributed by atoms with Gasteiger partial charge in [0.1, 0.15) is 17.9 Å². The number of halogens is 3. The molecule has 0 atom stereocenters. The summed E-state index contributed by atoms with van der Waals surface area (Å²) in [5.41, 5.74) is -0.435. The molecule has 2 N–H and O–H groups in total. The molecule has 0 amide bonds. The number of aromatic hydroxyl groups is 2. The summed E-state index contributed by atoms with van der Waals surface area (Å²) in [7, 11) is 0. The molecule has 0 radical (unpaired) electrons. The summed E-state index contributed by atoms with van der Waals surface area (Å²) >= 11 is 0. The number of hydrogen-bond acceptors (Lipinski definition) is 9. The lowest BCUT2D eigenvalue weighted by Crippen LogP contribution is -2.07. The number of aromatic nitrogens is 3. The number of phenols is 2. The second kappa shape index (κ2) is 10.6. The van der Waals surface area contributed by atoms with Crippen LogP contribution in [0.15, 0.2) is 79.1 Å². The molecular formula is C28H17F3N4O7. The number of nitro benzene ring substituents is 1. The Balaban J connectivity index is 1.31. The van der Waals surface area contributed by atoms with E-state index in [4.69, 9.17) is 4.74 Å². The summed E-state index contributed by atoms with van der Waals surface area (Å²) in [6.07, 6.45) is -2.02. The van der Waals surface area contributed by atoms with Crippen LogP contribution in [0.4, 0.5) is 18.9 Å². The highest BCUT2D eigenvalue weighted by Gasteiger charge is 2.30. The van der Waals surface area contributed by atoms with Gasteiger partial charge < -0.3 is 14.9 Å². The van der Waals surface area contributed by atoms with E-state index < -0.39 is 51.2 Å². The highest BCUT2D eigenvalue weighted by molar-refractivity contribution is 6.12. The van der Waals surface area contributed by atoms with Gasteiger partial charge >= 0.3 is 17.8 Å². The van der Waals surface area contributed by atoms with Gasteiger partial charge in [-0.3, -0.25) is 14.9 Å². The zero-order chi connectivity index (χ0) is 30.2. The summed E-state index contributed by atoms with van der Waals surface area (Å²) < 4.78 is 44.6. The number of benzene rings is 3. The first-order valence-electron chi connectivity index (χ1n) is 12.0. The summed E-state index contributed by atoms with van der Waals surface area (Å²) in [6.45, 7) is -0.218. The zero-order valence-corrected chi connectivity index (χ0v) is 21.1. The van der Waals surface area contributed by atoms with E-state index in [0.717, 1.165) is 30.5 Å². The number of ether oxygens (including phenoxy) is 1. The van der Waals surface area contributed by atoms with E-state index in [2.05, 4.69) is 10.1 Å². The normalized spacial score (nSPS) is 11.4. The number of ketones is 1. The van der Waals surface area contributed by atoms with Gasteiger partial charge in [0.25, 0.3) is 0 Å². The molecule has 14 heteroatoms. The summed E-state index contributed by atoms with van der Waals surface area (Å²) in [5, 5.41) is 35.7. The molecule has 0 fully saturated rings. The van der Waals surface area contributed by atoms with Gasteiger partial charge in [0.2, 0.25) is 11.5 Å². The average molecular weight is 578 g/mol. The van der Waals surface area contributed by atoms with Gasteiger partial charge in [0.05, 0.1) is 27.3 Å². The first kappa shape index (κ1) is 27.8. The third-order valence-electron chi connectivity index (χ3n) is 6.20. The number of phenolic OH excluding ortho intramolecular Hbond substituents is 2. The van der Waals surface area contributed by atoms with E-state index in [1.165, 1.54) is 35.0 Å². The maximum atomic E-state index is 13.0. The minimum absolute atomic E-state index is 0.116. The Kier molecular flexibility index (Phi) is 7.04. The van der Waals surface area contributed by atoms with Crippen LogP contribution in [0.5, 0.6) is 11.5 Å². The zero-order valence-electron chi connectivity index (χ0n) is 21.1. The predicted octanol–water partition coefficient (Wildman–Crippen LogP) is 5.32. The molecule has 0 saturated heterocycles. The van der Waals surface area contributed by atoms with Crippen molar-refractivity contribution >= 4 is 23.1 Å². The van der Waals surface area contributed by atoms with Gasteiger partial charge in [0, 0.05) is 30.1 Å². The lowest BCUT2D eigenvalue weighted by molar-refractivity contribution is -0.385. The van der Waals surface area contributed by atoms with Crippen molar-refractivity contribution in [2.75, 3.05) is 0 Å². The van der Waals surface area contributed by atoms with E-state index in [-0.39, 0.29) is 17.7 Å². The number of rotatable bonds is 7. The predicted molar refractivity (Wildman–Crippen MR) is 139 cm³/mol. The highest BCUT2D eigenvalue weighted by Crippen LogP contribution is 2.37. The van der Waals surface area contributed by atoms with Crippen molar-refractivity contribution in [3.63, 3.8) is 0 Å². The number of carbonyl (C=O) groups excluding carboxylic acids is 2. The number of alkyl halides is 3. The highest BCUT2D eigenvalue weighted by atomic mass is 19.4. The van der Waals surface area contributed by atoms with E-state index in [1.54, 1.807) is 18.2 Å². The van der Waals surface area contributed by atoms with Gasteiger partial charge in [-0.1, -0.05) is 24.3 Å². The van der Waals surface area contributed by atoms with E-state index in [1.807, 2.05) is 0 Å². The number of nitrogens with zero attached hydrogens (tertiary/aromatic N) is 4. The smallest absolute Gasteiger partial charge is 0.416 e. The van der Waals surface area contributed by atoms with Crippen LogP contribution in [0.3, 0.4) is 0 Å². The van der Waals surface area contributed by atoms with Crippen LogP contribution in [-0.4, -0.2) is 41.5 Å². The molecule has 0 unspecified atom stereocenters. The number of carbonyl (C=O) groups is 2. The van der Waals surface area contributed by atoms with Crippen LogP contribution < -0.4 is 0 Å². The molecule has 3 aromatic carbocycles. The van der Waals surface area contributed by atoms with Crippen LogP contribution in [0.1, 0.15) is 37.4 Å². The molecule has 0 spiro atoms. The fraction of sp³-hybridized carbons (Fsp3) is 0.0714. The Labute approximate surface area is 233 Å². The SMILES string of the molecule is O=C(OCc1ccc(C(F)(F)F)cc1)c1ccc(-c2cc3ncc(C(=O)c4c(O)ccc([N+](=O)[O-])c4O)cn3n2)cc1. The molecule has 5 aromatic rings. The number of fused-ring (bicyclic) bond motifs is 1. The Bertz CT molecular complexity index is 1850. The summed E-state index contributed by atoms with van der Waals surface area (Å²) in [6, 6.07) is 13.8. The van der Waals surface area contributed by atoms with Crippen LogP contribution >= 0.6 is 0 Å². The molecule has 2 heterocycles. The maximum absolute atomic E-state index is 13.0. The van der Waals surface area contributed by atoms with Crippen molar-refractivity contribution < 1.29 is 42.6 Å². The summed E-state index contributed by atoms with van der Waals surface area (Å²) in [5.74, 6) is -3.24. The number of hydrogen-bond donors (Lipinski definition) is 2. The topological polar surface area (TPSA) is 157 Å². The fourth-order valence-corrected chi connectivity index (χ4v) is 4.02. The van der Waals surface area contributed by atoms with Gasteiger partial charge in [-0.05, 0) is 35.9 Å². The first-order chi connectivity index (χ1) is 19.9. The minimum Gasteiger partial charge on any atom is -0.507 e. The lowest BCUT2D eigenvalue weighted by atomic mass is 10.0. The third-order valence-corrected chi connectivity index (χ3v) is 6.20. The van der Waals surface area contributed by atoms with Crippen LogP contribution in [0.25, 0.3) is 16.9 Å². The van der Waals surface area contributed by atoms with Crippen molar-refractivity contribution in [2.24, 2.45) is 0 Å².